The normalized spacial score (nSPS) is 10.4. The molecule has 3 aromatic rings. The zero-order valence-corrected chi connectivity index (χ0v) is 12.8. The molecule has 1 N–H and O–H groups in total. The smallest absolute Gasteiger partial charge is 0.263 e. The molecule has 3 rings (SSSR count). The highest BCUT2D eigenvalue weighted by Crippen LogP contribution is 2.24. The highest BCUT2D eigenvalue weighted by molar-refractivity contribution is 5.94. The van der Waals surface area contributed by atoms with Crippen LogP contribution in [-0.2, 0) is 4.79 Å². The van der Waals surface area contributed by atoms with Crippen LogP contribution in [-0.4, -0.2) is 22.8 Å². The average molecular weight is 327 g/mol. The largest absolute Gasteiger partial charge is 0.484 e. The maximum Gasteiger partial charge on any atom is 0.263 e. The molecular formula is C17H14FN3O3. The topological polar surface area (TPSA) is 77.3 Å². The van der Waals surface area contributed by atoms with Gasteiger partial charge >= 0.3 is 0 Å². The van der Waals surface area contributed by atoms with Gasteiger partial charge in [-0.05, 0) is 41.5 Å². The van der Waals surface area contributed by atoms with E-state index in [-0.39, 0.29) is 18.2 Å². The lowest BCUT2D eigenvalue weighted by molar-refractivity contribution is -0.118. The first-order valence-electron chi connectivity index (χ1n) is 7.19. The number of nitrogens with one attached hydrogen (secondary N) is 1. The van der Waals surface area contributed by atoms with Gasteiger partial charge in [-0.3, -0.25) is 4.79 Å². The number of hydrogen-bond acceptors (Lipinski definition) is 5. The molecule has 0 atom stereocenters. The van der Waals surface area contributed by atoms with Gasteiger partial charge in [0.25, 0.3) is 5.91 Å². The molecule has 6 nitrogen and oxygen atoms in total. The minimum Gasteiger partial charge on any atom is -0.484 e. The molecule has 1 heterocycles. The Morgan fingerprint density at radius 2 is 1.83 bits per heavy atom. The number of amides is 1. The number of ether oxygens (including phenoxy) is 1. The number of benzene rings is 2. The number of anilines is 1. The fourth-order valence-electron chi connectivity index (χ4n) is 2.02. The Hall–Kier alpha value is -3.22. The van der Waals surface area contributed by atoms with Crippen LogP contribution < -0.4 is 10.1 Å². The summed E-state index contributed by atoms with van der Waals surface area (Å²) in [6, 6.07) is 13.0. The molecule has 0 unspecified atom stereocenters. The lowest BCUT2D eigenvalue weighted by Gasteiger charge is -2.06. The van der Waals surface area contributed by atoms with E-state index >= 15 is 0 Å². The van der Waals surface area contributed by atoms with Crippen LogP contribution in [0.15, 0.2) is 53.2 Å². The first-order chi connectivity index (χ1) is 11.6. The predicted octanol–water partition coefficient (Wildman–Crippen LogP) is 3.20. The molecule has 2 aromatic carbocycles. The molecule has 7 heteroatoms. The number of nitrogens with zero attached hydrogens (tertiary/aromatic N) is 2. The minimum atomic E-state index is -0.427. The Balaban J connectivity index is 1.64. The monoisotopic (exact) mass is 327 g/mol. The molecule has 122 valence electrons. The van der Waals surface area contributed by atoms with Crippen LogP contribution in [0.2, 0.25) is 0 Å². The maximum absolute atomic E-state index is 12.8. The quantitative estimate of drug-likeness (QED) is 0.778. The summed E-state index contributed by atoms with van der Waals surface area (Å²) < 4.78 is 22.8. The van der Waals surface area contributed by atoms with Crippen molar-refractivity contribution in [2.45, 2.75) is 6.92 Å². The van der Waals surface area contributed by atoms with E-state index in [2.05, 4.69) is 15.6 Å². The molecule has 0 aliphatic carbocycles. The van der Waals surface area contributed by atoms with Crippen molar-refractivity contribution in [1.29, 1.82) is 0 Å². The lowest BCUT2D eigenvalue weighted by atomic mass is 10.1. The van der Waals surface area contributed by atoms with Crippen molar-refractivity contribution in [3.63, 3.8) is 0 Å². The van der Waals surface area contributed by atoms with E-state index < -0.39 is 5.91 Å². The van der Waals surface area contributed by atoms with E-state index in [4.69, 9.17) is 9.37 Å². The number of aromatic nitrogens is 2. The van der Waals surface area contributed by atoms with Crippen molar-refractivity contribution < 1.29 is 18.6 Å². The zero-order valence-electron chi connectivity index (χ0n) is 12.8. The van der Waals surface area contributed by atoms with Gasteiger partial charge in [-0.1, -0.05) is 29.8 Å². The summed E-state index contributed by atoms with van der Waals surface area (Å²) in [7, 11) is 0. The Bertz CT molecular complexity index is 829. The molecule has 0 saturated carbocycles. The molecule has 0 saturated heterocycles. The highest BCUT2D eigenvalue weighted by atomic mass is 19.1. The third kappa shape index (κ3) is 3.75. The van der Waals surface area contributed by atoms with E-state index in [0.29, 0.717) is 11.4 Å². The molecule has 0 spiro atoms. The fraction of sp³-hybridized carbons (Fsp3) is 0.118. The minimum absolute atomic E-state index is 0.214. The van der Waals surface area contributed by atoms with Crippen LogP contribution in [0, 0.1) is 12.7 Å². The van der Waals surface area contributed by atoms with Crippen molar-refractivity contribution in [1.82, 2.24) is 10.3 Å². The number of aryl methyl sites for hydroxylation is 1. The third-order valence-electron chi connectivity index (χ3n) is 3.25. The van der Waals surface area contributed by atoms with Crippen molar-refractivity contribution >= 4 is 11.7 Å². The third-order valence-corrected chi connectivity index (χ3v) is 3.25. The number of rotatable bonds is 5. The van der Waals surface area contributed by atoms with Gasteiger partial charge in [0.15, 0.2) is 12.3 Å². The SMILES string of the molecule is Cc1ccc(-c2nonc2NC(=O)COc2ccc(F)cc2)cc1. The molecule has 0 aliphatic rings. The molecule has 24 heavy (non-hydrogen) atoms. The summed E-state index contributed by atoms with van der Waals surface area (Å²) in [4.78, 5) is 12.0. The first kappa shape index (κ1) is 15.7. The second-order valence-electron chi connectivity index (χ2n) is 5.12. The zero-order chi connectivity index (χ0) is 16.9. The fourth-order valence-corrected chi connectivity index (χ4v) is 2.02. The van der Waals surface area contributed by atoms with Crippen LogP contribution in [0.3, 0.4) is 0 Å². The molecule has 0 bridgehead atoms. The van der Waals surface area contributed by atoms with Gasteiger partial charge in [0, 0.05) is 5.56 Å². The van der Waals surface area contributed by atoms with Gasteiger partial charge in [-0.15, -0.1) is 0 Å². The summed E-state index contributed by atoms with van der Waals surface area (Å²) in [5, 5.41) is 10.1. The Kier molecular flexibility index (Phi) is 4.51. The average Bonchev–Trinajstić information content (AvgIpc) is 3.03. The molecule has 1 aromatic heterocycles. The number of carbonyl (C=O) groups excluding carboxylic acids is 1. The molecule has 1 amide bonds. The highest BCUT2D eigenvalue weighted by Gasteiger charge is 2.15. The van der Waals surface area contributed by atoms with Crippen LogP contribution in [0.5, 0.6) is 5.75 Å². The second-order valence-corrected chi connectivity index (χ2v) is 5.12. The van der Waals surface area contributed by atoms with Crippen LogP contribution >= 0.6 is 0 Å². The van der Waals surface area contributed by atoms with E-state index in [1.165, 1.54) is 24.3 Å². The molecule has 0 radical (unpaired) electrons. The Labute approximate surface area is 137 Å². The van der Waals surface area contributed by atoms with Gasteiger partial charge in [0.05, 0.1) is 0 Å². The van der Waals surface area contributed by atoms with E-state index in [1.54, 1.807) is 0 Å². The summed E-state index contributed by atoms with van der Waals surface area (Å²) in [6.07, 6.45) is 0. The second kappa shape index (κ2) is 6.91. The summed E-state index contributed by atoms with van der Waals surface area (Å²) in [5.74, 6) is -0.193. The van der Waals surface area contributed by atoms with Gasteiger partial charge in [-0.2, -0.15) is 0 Å². The molecule has 0 aliphatic heterocycles. The van der Waals surface area contributed by atoms with Crippen LogP contribution in [0.25, 0.3) is 11.3 Å². The van der Waals surface area contributed by atoms with Gasteiger partial charge in [0.1, 0.15) is 11.6 Å². The predicted molar refractivity (Wildman–Crippen MR) is 85.0 cm³/mol. The van der Waals surface area contributed by atoms with Crippen molar-refractivity contribution in [3.8, 4) is 17.0 Å². The van der Waals surface area contributed by atoms with Crippen molar-refractivity contribution in [3.05, 3.63) is 59.9 Å². The Morgan fingerprint density at radius 1 is 1.12 bits per heavy atom. The van der Waals surface area contributed by atoms with Crippen LogP contribution in [0.4, 0.5) is 10.2 Å². The summed E-state index contributed by atoms with van der Waals surface area (Å²) >= 11 is 0. The van der Waals surface area contributed by atoms with Crippen molar-refractivity contribution in [2.75, 3.05) is 11.9 Å². The Morgan fingerprint density at radius 3 is 2.54 bits per heavy atom. The number of hydrogen-bond donors (Lipinski definition) is 1. The van der Waals surface area contributed by atoms with E-state index in [0.717, 1.165) is 11.1 Å². The maximum atomic E-state index is 12.8. The van der Waals surface area contributed by atoms with Crippen molar-refractivity contribution in [2.24, 2.45) is 0 Å². The molecular weight excluding hydrogens is 313 g/mol. The van der Waals surface area contributed by atoms with E-state index in [9.17, 15) is 9.18 Å². The standard InChI is InChI=1S/C17H14FN3O3/c1-11-2-4-12(5-3-11)16-17(21-24-20-16)19-15(22)10-23-14-8-6-13(18)7-9-14/h2-9H,10H2,1H3,(H,19,21,22). The number of halogens is 1. The molecule has 0 fully saturated rings. The summed E-state index contributed by atoms with van der Waals surface area (Å²) in [5.41, 5.74) is 2.32. The van der Waals surface area contributed by atoms with Crippen LogP contribution in [0.1, 0.15) is 5.56 Å². The van der Waals surface area contributed by atoms with Gasteiger partial charge in [-0.25, -0.2) is 9.02 Å². The first-order valence-corrected chi connectivity index (χ1v) is 7.19. The van der Waals surface area contributed by atoms with Gasteiger partial charge in [0.2, 0.25) is 5.82 Å². The van der Waals surface area contributed by atoms with E-state index in [1.807, 2.05) is 31.2 Å². The number of carbonyl (C=O) groups is 1. The lowest BCUT2D eigenvalue weighted by Crippen LogP contribution is -2.20. The summed E-state index contributed by atoms with van der Waals surface area (Å²) in [6.45, 7) is 1.73. The van der Waals surface area contributed by atoms with Gasteiger partial charge < -0.3 is 10.1 Å².